The van der Waals surface area contributed by atoms with E-state index in [1.807, 2.05) is 6.08 Å². The van der Waals surface area contributed by atoms with E-state index in [1.54, 1.807) is 0 Å². The van der Waals surface area contributed by atoms with E-state index in [0.717, 1.165) is 5.92 Å². The van der Waals surface area contributed by atoms with Gasteiger partial charge < -0.3 is 5.32 Å². The molecule has 0 radical (unpaired) electrons. The molecule has 1 N–H and O–H groups in total. The molecule has 1 heterocycles. The fourth-order valence-electron chi connectivity index (χ4n) is 1.15. The molecule has 0 aromatic rings. The predicted molar refractivity (Wildman–Crippen MR) is 35.8 cm³/mol. The molecule has 1 heteroatoms. The molecule has 0 saturated carbocycles. The van der Waals surface area contributed by atoms with E-state index in [2.05, 4.69) is 11.9 Å². The van der Waals surface area contributed by atoms with Gasteiger partial charge in [0.15, 0.2) is 0 Å². The Morgan fingerprint density at radius 1 is 1.75 bits per heavy atom. The van der Waals surface area contributed by atoms with Crippen LogP contribution in [0.2, 0.25) is 0 Å². The maximum Gasteiger partial charge on any atom is -0.00171 e. The standard InChI is InChI=1S/C7H13N/c1-2-3-7-4-5-8-6-7/h2,7-8H,1,3-6H2/t7-/m1/s1. The molecule has 0 spiro atoms. The van der Waals surface area contributed by atoms with Gasteiger partial charge in [0, 0.05) is 0 Å². The summed E-state index contributed by atoms with van der Waals surface area (Å²) in [5, 5.41) is 3.31. The first-order valence-corrected chi connectivity index (χ1v) is 3.25. The third-order valence-corrected chi connectivity index (χ3v) is 1.66. The Morgan fingerprint density at radius 2 is 2.62 bits per heavy atom. The lowest BCUT2D eigenvalue weighted by Crippen LogP contribution is -2.07. The van der Waals surface area contributed by atoms with E-state index in [9.17, 15) is 0 Å². The Balaban J connectivity index is 2.14. The summed E-state index contributed by atoms with van der Waals surface area (Å²) < 4.78 is 0. The minimum Gasteiger partial charge on any atom is -0.316 e. The van der Waals surface area contributed by atoms with E-state index in [-0.39, 0.29) is 0 Å². The van der Waals surface area contributed by atoms with Gasteiger partial charge in [-0.2, -0.15) is 0 Å². The Kier molecular flexibility index (Phi) is 2.10. The van der Waals surface area contributed by atoms with Crippen molar-refractivity contribution in [1.29, 1.82) is 0 Å². The highest BCUT2D eigenvalue weighted by atomic mass is 14.9. The lowest BCUT2D eigenvalue weighted by Gasteiger charge is -2.00. The van der Waals surface area contributed by atoms with Gasteiger partial charge >= 0.3 is 0 Å². The maximum absolute atomic E-state index is 3.70. The molecule has 1 nitrogen and oxygen atoms in total. The lowest BCUT2D eigenvalue weighted by atomic mass is 10.1. The third-order valence-electron chi connectivity index (χ3n) is 1.66. The fourth-order valence-corrected chi connectivity index (χ4v) is 1.15. The molecule has 1 fully saturated rings. The van der Waals surface area contributed by atoms with E-state index >= 15 is 0 Å². The van der Waals surface area contributed by atoms with Gasteiger partial charge in [0.1, 0.15) is 0 Å². The van der Waals surface area contributed by atoms with Crippen LogP contribution in [0.1, 0.15) is 12.8 Å². The molecule has 1 rings (SSSR count). The summed E-state index contributed by atoms with van der Waals surface area (Å²) in [7, 11) is 0. The van der Waals surface area contributed by atoms with Gasteiger partial charge in [-0.3, -0.25) is 0 Å². The van der Waals surface area contributed by atoms with Crippen molar-refractivity contribution in [2.45, 2.75) is 12.8 Å². The zero-order chi connectivity index (χ0) is 5.82. The topological polar surface area (TPSA) is 12.0 Å². The Morgan fingerprint density at radius 3 is 3.12 bits per heavy atom. The van der Waals surface area contributed by atoms with Crippen LogP contribution >= 0.6 is 0 Å². The highest BCUT2D eigenvalue weighted by Gasteiger charge is 2.11. The van der Waals surface area contributed by atoms with E-state index in [1.165, 1.54) is 25.9 Å². The smallest absolute Gasteiger partial charge is 0.00171 e. The van der Waals surface area contributed by atoms with Gasteiger partial charge in [0.05, 0.1) is 0 Å². The first-order chi connectivity index (χ1) is 3.93. The van der Waals surface area contributed by atoms with Crippen LogP contribution in [0.15, 0.2) is 12.7 Å². The molecule has 0 unspecified atom stereocenters. The van der Waals surface area contributed by atoms with E-state index in [0.29, 0.717) is 0 Å². The molecule has 0 aromatic heterocycles. The first kappa shape index (κ1) is 5.83. The van der Waals surface area contributed by atoms with Crippen molar-refractivity contribution in [3.8, 4) is 0 Å². The second-order valence-electron chi connectivity index (χ2n) is 2.38. The summed E-state index contributed by atoms with van der Waals surface area (Å²) in [5.74, 6) is 0.882. The normalized spacial score (nSPS) is 28.2. The molecule has 0 amide bonds. The van der Waals surface area contributed by atoms with E-state index in [4.69, 9.17) is 0 Å². The third kappa shape index (κ3) is 1.34. The summed E-state index contributed by atoms with van der Waals surface area (Å²) in [6, 6.07) is 0. The largest absolute Gasteiger partial charge is 0.316 e. The zero-order valence-corrected chi connectivity index (χ0v) is 5.19. The first-order valence-electron chi connectivity index (χ1n) is 3.25. The van der Waals surface area contributed by atoms with Gasteiger partial charge in [0.2, 0.25) is 0 Å². The second-order valence-corrected chi connectivity index (χ2v) is 2.38. The molecule has 1 aliphatic heterocycles. The van der Waals surface area contributed by atoms with Crippen LogP contribution in [0, 0.1) is 5.92 Å². The van der Waals surface area contributed by atoms with Crippen molar-refractivity contribution in [3.63, 3.8) is 0 Å². The maximum atomic E-state index is 3.70. The lowest BCUT2D eigenvalue weighted by molar-refractivity contribution is 0.593. The van der Waals surface area contributed by atoms with Gasteiger partial charge in [0.25, 0.3) is 0 Å². The Bertz CT molecular complexity index is 72.5. The summed E-state index contributed by atoms with van der Waals surface area (Å²) >= 11 is 0. The van der Waals surface area contributed by atoms with Crippen molar-refractivity contribution in [1.82, 2.24) is 5.32 Å². The molecule has 1 saturated heterocycles. The SMILES string of the molecule is C=CC[C@@H]1CCNC1. The van der Waals surface area contributed by atoms with Crippen LogP contribution in [-0.4, -0.2) is 13.1 Å². The van der Waals surface area contributed by atoms with Gasteiger partial charge in [-0.15, -0.1) is 6.58 Å². The average molecular weight is 111 g/mol. The van der Waals surface area contributed by atoms with Crippen molar-refractivity contribution in [2.24, 2.45) is 5.92 Å². The van der Waals surface area contributed by atoms with Gasteiger partial charge in [-0.1, -0.05) is 6.08 Å². The number of rotatable bonds is 2. The van der Waals surface area contributed by atoms with E-state index < -0.39 is 0 Å². The predicted octanol–water partition coefficient (Wildman–Crippen LogP) is 1.17. The van der Waals surface area contributed by atoms with Crippen molar-refractivity contribution in [2.75, 3.05) is 13.1 Å². The minimum atomic E-state index is 0.882. The summed E-state index contributed by atoms with van der Waals surface area (Å²) in [6.45, 7) is 6.10. The van der Waals surface area contributed by atoms with Crippen LogP contribution in [-0.2, 0) is 0 Å². The van der Waals surface area contributed by atoms with Crippen molar-refractivity contribution >= 4 is 0 Å². The molecule has 0 aliphatic carbocycles. The zero-order valence-electron chi connectivity index (χ0n) is 5.19. The highest BCUT2D eigenvalue weighted by Crippen LogP contribution is 2.11. The number of nitrogens with one attached hydrogen (secondary N) is 1. The molecule has 1 atom stereocenters. The van der Waals surface area contributed by atoms with Crippen LogP contribution in [0.25, 0.3) is 0 Å². The average Bonchev–Trinajstić information content (AvgIpc) is 2.19. The highest BCUT2D eigenvalue weighted by molar-refractivity contribution is 4.78. The number of hydrogen-bond donors (Lipinski definition) is 1. The Hall–Kier alpha value is -0.300. The summed E-state index contributed by atoms with van der Waals surface area (Å²) in [6.07, 6.45) is 4.54. The quantitative estimate of drug-likeness (QED) is 0.527. The minimum absolute atomic E-state index is 0.882. The molecular weight excluding hydrogens is 98.1 g/mol. The second kappa shape index (κ2) is 2.88. The van der Waals surface area contributed by atoms with Gasteiger partial charge in [-0.05, 0) is 31.8 Å². The van der Waals surface area contributed by atoms with Crippen LogP contribution in [0.3, 0.4) is 0 Å². The van der Waals surface area contributed by atoms with Crippen molar-refractivity contribution < 1.29 is 0 Å². The fraction of sp³-hybridized carbons (Fsp3) is 0.714. The van der Waals surface area contributed by atoms with Crippen LogP contribution in [0.5, 0.6) is 0 Å². The Labute approximate surface area is 50.8 Å². The molecule has 0 bridgehead atoms. The van der Waals surface area contributed by atoms with Crippen molar-refractivity contribution in [3.05, 3.63) is 12.7 Å². The van der Waals surface area contributed by atoms with Crippen LogP contribution in [0.4, 0.5) is 0 Å². The molecule has 46 valence electrons. The van der Waals surface area contributed by atoms with Crippen LogP contribution < -0.4 is 5.32 Å². The van der Waals surface area contributed by atoms with Gasteiger partial charge in [-0.25, -0.2) is 0 Å². The monoisotopic (exact) mass is 111 g/mol. The number of allylic oxidation sites excluding steroid dienone is 1. The summed E-state index contributed by atoms with van der Waals surface area (Å²) in [5.41, 5.74) is 0. The summed E-state index contributed by atoms with van der Waals surface area (Å²) in [4.78, 5) is 0. The molecule has 8 heavy (non-hydrogen) atoms. The molecule has 1 aliphatic rings. The molecular formula is C7H13N. The number of hydrogen-bond acceptors (Lipinski definition) is 1. The molecule has 0 aromatic carbocycles.